The molecule has 2 aromatic carbocycles. The van der Waals surface area contributed by atoms with E-state index in [0.29, 0.717) is 39.9 Å². The fourth-order valence-electron chi connectivity index (χ4n) is 3.69. The van der Waals surface area contributed by atoms with Crippen LogP contribution in [0, 0.1) is 12.7 Å². The number of nitrogens with two attached hydrogens (primary N) is 1. The Balaban J connectivity index is 2.13. The second-order valence-corrected chi connectivity index (χ2v) is 7.51. The van der Waals surface area contributed by atoms with Crippen LogP contribution in [0.1, 0.15) is 16.7 Å². The van der Waals surface area contributed by atoms with E-state index < -0.39 is 0 Å². The number of nitrogens with one attached hydrogen (secondary N) is 1. The largest absolute Gasteiger partial charge is 0.392 e. The van der Waals surface area contributed by atoms with Gasteiger partial charge in [-0.3, -0.25) is 4.79 Å². The zero-order valence-electron chi connectivity index (χ0n) is 14.8. The number of fused-ring (bicyclic) bond motifs is 3. The van der Waals surface area contributed by atoms with Crippen molar-refractivity contribution in [2.24, 2.45) is 5.73 Å². The Kier molecular flexibility index (Phi) is 4.55. The molecule has 0 amide bonds. The summed E-state index contributed by atoms with van der Waals surface area (Å²) in [7, 11) is 0. The summed E-state index contributed by atoms with van der Waals surface area (Å²) in [6.07, 6.45) is 0.468. The molecule has 0 aliphatic carbocycles. The van der Waals surface area contributed by atoms with E-state index in [9.17, 15) is 14.3 Å². The van der Waals surface area contributed by atoms with Crippen molar-refractivity contribution in [2.75, 3.05) is 6.54 Å². The van der Waals surface area contributed by atoms with Crippen LogP contribution in [0.5, 0.6) is 0 Å². The number of aromatic amines is 1. The molecule has 27 heavy (non-hydrogen) atoms. The lowest BCUT2D eigenvalue weighted by molar-refractivity contribution is 0.282. The minimum absolute atomic E-state index is 0.136. The molecule has 2 aromatic heterocycles. The van der Waals surface area contributed by atoms with Crippen molar-refractivity contribution in [1.29, 1.82) is 0 Å². The summed E-state index contributed by atoms with van der Waals surface area (Å²) >= 11 is 1.37. The van der Waals surface area contributed by atoms with Crippen molar-refractivity contribution in [1.82, 2.24) is 4.98 Å². The molecule has 0 saturated heterocycles. The van der Waals surface area contributed by atoms with Crippen LogP contribution >= 0.6 is 11.3 Å². The van der Waals surface area contributed by atoms with Gasteiger partial charge >= 0.3 is 0 Å². The van der Waals surface area contributed by atoms with Crippen molar-refractivity contribution in [2.45, 2.75) is 20.0 Å². The van der Waals surface area contributed by atoms with Crippen molar-refractivity contribution in [3.8, 4) is 11.1 Å². The Bertz CT molecular complexity index is 1230. The van der Waals surface area contributed by atoms with E-state index in [1.54, 1.807) is 6.07 Å². The highest BCUT2D eigenvalue weighted by atomic mass is 32.1. The van der Waals surface area contributed by atoms with Gasteiger partial charge in [0.2, 0.25) is 0 Å². The predicted octanol–water partition coefficient (Wildman–Crippen LogP) is 3.85. The molecule has 6 heteroatoms. The number of pyridine rings is 1. The molecule has 138 valence electrons. The zero-order valence-corrected chi connectivity index (χ0v) is 15.6. The average Bonchev–Trinajstić information content (AvgIpc) is 3.15. The summed E-state index contributed by atoms with van der Waals surface area (Å²) in [6.45, 7) is 2.09. The molecular weight excluding hydrogens is 363 g/mol. The van der Waals surface area contributed by atoms with E-state index in [0.717, 1.165) is 21.9 Å². The molecule has 0 aliphatic heterocycles. The molecule has 0 atom stereocenters. The van der Waals surface area contributed by atoms with E-state index in [-0.39, 0.29) is 18.0 Å². The lowest BCUT2D eigenvalue weighted by Crippen LogP contribution is -2.07. The standard InChI is InChI=1S/C21H19FN2O2S/c1-11-8-14(10-25)17(13-3-2-12(4-6-23)16(22)9-13)18-15-5-7-27-20(15)21(26)24-19(11)18/h2-3,5,7-9,25H,4,6,10,23H2,1H3,(H,24,26). The van der Waals surface area contributed by atoms with Crippen LogP contribution in [0.25, 0.3) is 32.1 Å². The summed E-state index contributed by atoms with van der Waals surface area (Å²) in [5, 5.41) is 13.5. The fraction of sp³-hybridized carbons (Fsp3) is 0.190. The van der Waals surface area contributed by atoms with Crippen LogP contribution in [0.3, 0.4) is 0 Å². The first-order valence-corrected chi connectivity index (χ1v) is 9.58. The minimum atomic E-state index is -0.318. The Hall–Kier alpha value is -2.54. The molecule has 4 rings (SSSR count). The van der Waals surface area contributed by atoms with E-state index in [4.69, 9.17) is 5.73 Å². The van der Waals surface area contributed by atoms with E-state index in [1.165, 1.54) is 17.4 Å². The van der Waals surface area contributed by atoms with Crippen LogP contribution in [0.2, 0.25) is 0 Å². The topological polar surface area (TPSA) is 79.1 Å². The van der Waals surface area contributed by atoms with Gasteiger partial charge in [0.1, 0.15) is 10.5 Å². The molecule has 0 fully saturated rings. The van der Waals surface area contributed by atoms with Gasteiger partial charge in [-0.15, -0.1) is 11.3 Å². The van der Waals surface area contributed by atoms with Crippen molar-refractivity contribution in [3.63, 3.8) is 0 Å². The van der Waals surface area contributed by atoms with Crippen molar-refractivity contribution < 1.29 is 9.50 Å². The molecule has 2 heterocycles. The van der Waals surface area contributed by atoms with Crippen LogP contribution in [-0.2, 0) is 13.0 Å². The van der Waals surface area contributed by atoms with Gasteiger partial charge in [0.05, 0.1) is 12.1 Å². The maximum atomic E-state index is 14.6. The smallest absolute Gasteiger partial charge is 0.266 e. The van der Waals surface area contributed by atoms with E-state index >= 15 is 0 Å². The number of aryl methyl sites for hydroxylation is 1. The molecule has 0 saturated carbocycles. The zero-order chi connectivity index (χ0) is 19.1. The number of benzene rings is 2. The third-order valence-corrected chi connectivity index (χ3v) is 5.82. The lowest BCUT2D eigenvalue weighted by Gasteiger charge is -2.16. The molecule has 0 radical (unpaired) electrons. The van der Waals surface area contributed by atoms with Crippen LogP contribution < -0.4 is 11.3 Å². The first-order chi connectivity index (χ1) is 13.0. The Morgan fingerprint density at radius 3 is 2.74 bits per heavy atom. The number of thiophene rings is 1. The van der Waals surface area contributed by atoms with Crippen LogP contribution in [0.4, 0.5) is 4.39 Å². The van der Waals surface area contributed by atoms with Crippen molar-refractivity contribution >= 4 is 32.3 Å². The summed E-state index contributed by atoms with van der Waals surface area (Å²) in [5.41, 5.74) is 9.67. The number of rotatable bonds is 4. The quantitative estimate of drug-likeness (QED) is 0.502. The number of hydrogen-bond acceptors (Lipinski definition) is 4. The summed E-state index contributed by atoms with van der Waals surface area (Å²) in [6, 6.07) is 8.82. The minimum Gasteiger partial charge on any atom is -0.392 e. The maximum Gasteiger partial charge on any atom is 0.266 e. The highest BCUT2D eigenvalue weighted by molar-refractivity contribution is 7.17. The van der Waals surface area contributed by atoms with Gasteiger partial charge in [0, 0.05) is 10.8 Å². The fourth-order valence-corrected chi connectivity index (χ4v) is 4.48. The second kappa shape index (κ2) is 6.88. The van der Waals surface area contributed by atoms with Crippen LogP contribution in [0.15, 0.2) is 40.5 Å². The number of hydrogen-bond donors (Lipinski definition) is 3. The summed E-state index contributed by atoms with van der Waals surface area (Å²) in [4.78, 5) is 15.4. The Morgan fingerprint density at radius 2 is 2.04 bits per heavy atom. The third-order valence-electron chi connectivity index (χ3n) is 4.91. The number of aliphatic hydroxyl groups excluding tert-OH is 1. The van der Waals surface area contributed by atoms with E-state index in [1.807, 2.05) is 30.5 Å². The maximum absolute atomic E-state index is 14.6. The number of aromatic nitrogens is 1. The number of H-pyrrole nitrogens is 1. The first kappa shape index (κ1) is 17.9. The van der Waals surface area contributed by atoms with Crippen molar-refractivity contribution in [3.05, 3.63) is 68.6 Å². The van der Waals surface area contributed by atoms with E-state index in [2.05, 4.69) is 4.98 Å². The van der Waals surface area contributed by atoms with Gasteiger partial charge in [-0.1, -0.05) is 18.2 Å². The Morgan fingerprint density at radius 1 is 1.22 bits per heavy atom. The molecule has 4 N–H and O–H groups in total. The van der Waals surface area contributed by atoms with Gasteiger partial charge in [-0.25, -0.2) is 4.39 Å². The number of halogens is 1. The third kappa shape index (κ3) is 2.86. The van der Waals surface area contributed by atoms with Gasteiger partial charge in [-0.05, 0) is 65.2 Å². The number of aliphatic hydroxyl groups is 1. The molecular formula is C21H19FN2O2S. The van der Waals surface area contributed by atoms with Gasteiger partial charge < -0.3 is 15.8 Å². The first-order valence-electron chi connectivity index (χ1n) is 8.70. The highest BCUT2D eigenvalue weighted by Crippen LogP contribution is 2.38. The summed E-state index contributed by atoms with van der Waals surface area (Å²) < 4.78 is 15.2. The van der Waals surface area contributed by atoms with Gasteiger partial charge in [0.15, 0.2) is 0 Å². The summed E-state index contributed by atoms with van der Waals surface area (Å²) in [5.74, 6) is -0.318. The highest BCUT2D eigenvalue weighted by Gasteiger charge is 2.18. The Labute approximate surface area is 159 Å². The van der Waals surface area contributed by atoms with Gasteiger partial charge in [-0.2, -0.15) is 0 Å². The molecule has 4 aromatic rings. The molecule has 0 spiro atoms. The normalized spacial score (nSPS) is 11.6. The average molecular weight is 382 g/mol. The van der Waals surface area contributed by atoms with Gasteiger partial charge in [0.25, 0.3) is 5.56 Å². The molecule has 4 nitrogen and oxygen atoms in total. The molecule has 0 aliphatic rings. The molecule has 0 unspecified atom stereocenters. The molecule has 0 bridgehead atoms. The predicted molar refractivity (Wildman–Crippen MR) is 109 cm³/mol. The second-order valence-electron chi connectivity index (χ2n) is 6.60. The monoisotopic (exact) mass is 382 g/mol. The SMILES string of the molecule is Cc1cc(CO)c(-c2ccc(CCN)c(F)c2)c2c1[nH]c(=O)c1sccc12. The lowest BCUT2D eigenvalue weighted by atomic mass is 9.91. The van der Waals surface area contributed by atoms with Crippen LogP contribution in [-0.4, -0.2) is 16.6 Å².